The van der Waals surface area contributed by atoms with Gasteiger partial charge in [0.15, 0.2) is 0 Å². The molecule has 10 heavy (non-hydrogen) atoms. The quantitative estimate of drug-likeness (QED) is 0.559. The topological polar surface area (TPSA) is 28.7 Å². The minimum Gasteiger partial charge on any atom is -0.361 e. The van der Waals surface area contributed by atoms with Gasteiger partial charge in [-0.15, -0.1) is 0 Å². The molecule has 0 amide bonds. The highest BCUT2D eigenvalue weighted by Crippen LogP contribution is 2.07. The molecule has 0 aliphatic heterocycles. The van der Waals surface area contributed by atoms with Crippen molar-refractivity contribution in [3.63, 3.8) is 0 Å². The first kappa shape index (κ1) is 5.87. The van der Waals surface area contributed by atoms with E-state index in [1.165, 1.54) is 0 Å². The van der Waals surface area contributed by atoms with E-state index in [0.29, 0.717) is 0 Å². The minimum absolute atomic E-state index is 0.968. The smallest absolute Gasteiger partial charge is 0.0590 e. The molecule has 0 fully saturated rings. The molecule has 2 aromatic rings. The summed E-state index contributed by atoms with van der Waals surface area (Å²) in [6.45, 7) is 0. The third-order valence-electron chi connectivity index (χ3n) is 1.46. The molecule has 0 spiro atoms. The number of nitrogens with one attached hydrogen (secondary N) is 1. The molecular weight excluding hydrogens is 143 g/mol. The van der Waals surface area contributed by atoms with E-state index in [4.69, 9.17) is 0 Å². The summed E-state index contributed by atoms with van der Waals surface area (Å²) in [7, 11) is 2.56. The Bertz CT molecular complexity index is 353. The first-order valence-corrected chi connectivity index (χ1v) is 3.62. The predicted molar refractivity (Wildman–Crippen MR) is 45.4 cm³/mol. The van der Waals surface area contributed by atoms with Crippen molar-refractivity contribution in [2.24, 2.45) is 0 Å². The van der Waals surface area contributed by atoms with Gasteiger partial charge in [-0.05, 0) is 12.1 Å². The molecule has 2 heterocycles. The number of rotatable bonds is 0. The maximum absolute atomic E-state index is 4.12. The van der Waals surface area contributed by atoms with Crippen molar-refractivity contribution in [3.8, 4) is 0 Å². The number of hydrogen-bond donors (Lipinski definition) is 1. The standard InChI is InChI=1S/C7H7N2P/c10-7-3-6-5(4-9-7)1-2-8-6/h1-4,8H,10H2. The van der Waals surface area contributed by atoms with Gasteiger partial charge in [-0.2, -0.15) is 0 Å². The second-order valence-corrected chi connectivity index (χ2v) is 2.77. The van der Waals surface area contributed by atoms with Crippen LogP contribution >= 0.6 is 9.24 Å². The van der Waals surface area contributed by atoms with Crippen LogP contribution in [0, 0.1) is 0 Å². The molecule has 0 radical (unpaired) electrons. The molecule has 0 bridgehead atoms. The van der Waals surface area contributed by atoms with Crippen LogP contribution in [0.5, 0.6) is 0 Å². The highest BCUT2D eigenvalue weighted by atomic mass is 31.0. The number of aromatic nitrogens is 2. The molecule has 0 aromatic carbocycles. The van der Waals surface area contributed by atoms with Gasteiger partial charge in [-0.3, -0.25) is 4.98 Å². The maximum Gasteiger partial charge on any atom is 0.0590 e. The number of pyridine rings is 1. The summed E-state index contributed by atoms with van der Waals surface area (Å²) in [6.07, 6.45) is 3.77. The lowest BCUT2D eigenvalue weighted by Crippen LogP contribution is -1.93. The van der Waals surface area contributed by atoms with E-state index < -0.39 is 0 Å². The van der Waals surface area contributed by atoms with Gasteiger partial charge in [0, 0.05) is 23.3 Å². The molecule has 1 atom stereocenters. The van der Waals surface area contributed by atoms with Crippen LogP contribution in [-0.2, 0) is 0 Å². The Kier molecular flexibility index (Phi) is 1.21. The Balaban J connectivity index is 2.86. The molecule has 0 aliphatic rings. The largest absolute Gasteiger partial charge is 0.361 e. The molecule has 2 rings (SSSR count). The van der Waals surface area contributed by atoms with E-state index in [9.17, 15) is 0 Å². The number of hydrogen-bond acceptors (Lipinski definition) is 1. The van der Waals surface area contributed by atoms with Crippen molar-refractivity contribution in [3.05, 3.63) is 24.5 Å². The number of aromatic amines is 1. The average molecular weight is 150 g/mol. The van der Waals surface area contributed by atoms with Gasteiger partial charge in [-0.25, -0.2) is 0 Å². The number of H-pyrrole nitrogens is 1. The summed E-state index contributed by atoms with van der Waals surface area (Å²) >= 11 is 0. The van der Waals surface area contributed by atoms with E-state index in [1.54, 1.807) is 0 Å². The lowest BCUT2D eigenvalue weighted by molar-refractivity contribution is 1.42. The van der Waals surface area contributed by atoms with Gasteiger partial charge in [0.25, 0.3) is 0 Å². The Morgan fingerprint density at radius 3 is 3.30 bits per heavy atom. The molecule has 2 nitrogen and oxygen atoms in total. The zero-order valence-electron chi connectivity index (χ0n) is 5.33. The molecule has 1 unspecified atom stereocenters. The van der Waals surface area contributed by atoms with Crippen LogP contribution in [0.25, 0.3) is 10.9 Å². The minimum atomic E-state index is 0.968. The van der Waals surface area contributed by atoms with Crippen LogP contribution in [0.2, 0.25) is 0 Å². The summed E-state index contributed by atoms with van der Waals surface area (Å²) in [5.74, 6) is 0. The molecule has 0 saturated carbocycles. The first-order valence-electron chi connectivity index (χ1n) is 3.05. The molecule has 0 saturated heterocycles. The van der Waals surface area contributed by atoms with E-state index in [0.717, 1.165) is 16.3 Å². The number of nitrogens with zero attached hydrogens (tertiary/aromatic N) is 1. The lowest BCUT2D eigenvalue weighted by atomic mass is 10.3. The van der Waals surface area contributed by atoms with E-state index in [2.05, 4.69) is 19.2 Å². The van der Waals surface area contributed by atoms with E-state index in [-0.39, 0.29) is 0 Å². The van der Waals surface area contributed by atoms with Gasteiger partial charge in [-0.1, -0.05) is 9.24 Å². The second-order valence-electron chi connectivity index (χ2n) is 2.17. The fourth-order valence-corrected chi connectivity index (χ4v) is 1.20. The zero-order chi connectivity index (χ0) is 6.97. The van der Waals surface area contributed by atoms with Crippen molar-refractivity contribution in [1.29, 1.82) is 0 Å². The summed E-state index contributed by atoms with van der Waals surface area (Å²) in [6, 6.07) is 4.01. The highest BCUT2D eigenvalue weighted by Gasteiger charge is 1.92. The summed E-state index contributed by atoms with van der Waals surface area (Å²) in [5, 5.41) is 1.16. The number of fused-ring (bicyclic) bond motifs is 1. The first-order chi connectivity index (χ1) is 4.86. The maximum atomic E-state index is 4.12. The van der Waals surface area contributed by atoms with E-state index >= 15 is 0 Å². The summed E-state index contributed by atoms with van der Waals surface area (Å²) < 4.78 is 0. The van der Waals surface area contributed by atoms with Crippen LogP contribution in [-0.4, -0.2) is 9.97 Å². The van der Waals surface area contributed by atoms with Crippen LogP contribution in [0.3, 0.4) is 0 Å². The normalized spacial score (nSPS) is 10.5. The molecule has 2 aromatic heterocycles. The Morgan fingerprint density at radius 2 is 2.40 bits per heavy atom. The summed E-state index contributed by atoms with van der Waals surface area (Å²) in [4.78, 5) is 7.23. The second kappa shape index (κ2) is 2.06. The lowest BCUT2D eigenvalue weighted by Gasteiger charge is -1.89. The van der Waals surface area contributed by atoms with Crippen molar-refractivity contribution in [2.75, 3.05) is 0 Å². The van der Waals surface area contributed by atoms with Gasteiger partial charge >= 0.3 is 0 Å². The van der Waals surface area contributed by atoms with Crippen LogP contribution < -0.4 is 5.44 Å². The summed E-state index contributed by atoms with van der Waals surface area (Å²) in [5.41, 5.74) is 2.11. The van der Waals surface area contributed by atoms with Crippen molar-refractivity contribution in [1.82, 2.24) is 9.97 Å². The molecule has 50 valence electrons. The third-order valence-corrected chi connectivity index (χ3v) is 1.77. The van der Waals surface area contributed by atoms with Crippen molar-refractivity contribution >= 4 is 25.6 Å². The van der Waals surface area contributed by atoms with Gasteiger partial charge < -0.3 is 4.98 Å². The predicted octanol–water partition coefficient (Wildman–Crippen LogP) is 1.06. The zero-order valence-corrected chi connectivity index (χ0v) is 6.49. The Hall–Kier alpha value is -0.880. The fraction of sp³-hybridized carbons (Fsp3) is 0. The van der Waals surface area contributed by atoms with Crippen molar-refractivity contribution in [2.45, 2.75) is 0 Å². The molecule has 3 heteroatoms. The van der Waals surface area contributed by atoms with Crippen molar-refractivity contribution < 1.29 is 0 Å². The molecule has 1 N–H and O–H groups in total. The van der Waals surface area contributed by atoms with Crippen LogP contribution in [0.15, 0.2) is 24.5 Å². The van der Waals surface area contributed by atoms with E-state index in [1.807, 2.05) is 24.5 Å². The Labute approximate surface area is 60.9 Å². The monoisotopic (exact) mass is 150 g/mol. The third kappa shape index (κ3) is 0.812. The molecular formula is C7H7N2P. The molecule has 0 aliphatic carbocycles. The Morgan fingerprint density at radius 1 is 1.50 bits per heavy atom. The van der Waals surface area contributed by atoms with Gasteiger partial charge in [0.2, 0.25) is 0 Å². The van der Waals surface area contributed by atoms with Crippen LogP contribution in [0.1, 0.15) is 0 Å². The fourth-order valence-electron chi connectivity index (χ4n) is 0.961. The highest BCUT2D eigenvalue weighted by molar-refractivity contribution is 7.26. The SMILES string of the molecule is Pc1cc2[nH]ccc2cn1. The van der Waals surface area contributed by atoms with Gasteiger partial charge in [0.1, 0.15) is 0 Å². The van der Waals surface area contributed by atoms with Gasteiger partial charge in [0.05, 0.1) is 5.44 Å². The van der Waals surface area contributed by atoms with Crippen LogP contribution in [0.4, 0.5) is 0 Å². The average Bonchev–Trinajstić information content (AvgIpc) is 2.33.